The van der Waals surface area contributed by atoms with Gasteiger partial charge >= 0.3 is 0 Å². The summed E-state index contributed by atoms with van der Waals surface area (Å²) in [5, 5.41) is 0. The van der Waals surface area contributed by atoms with Crippen molar-refractivity contribution in [2.75, 3.05) is 0 Å². The molecule has 0 radical (unpaired) electrons. The average Bonchev–Trinajstić information content (AvgIpc) is 2.82. The van der Waals surface area contributed by atoms with E-state index >= 15 is 0 Å². The van der Waals surface area contributed by atoms with E-state index in [2.05, 4.69) is 56.1 Å². The maximum Gasteiger partial charge on any atom is 0.227 e. The highest BCUT2D eigenvalue weighted by Crippen LogP contribution is 2.30. The van der Waals surface area contributed by atoms with Gasteiger partial charge in [0.05, 0.1) is 0 Å². The first-order valence-corrected chi connectivity index (χ1v) is 6.61. The summed E-state index contributed by atoms with van der Waals surface area (Å²) in [5.74, 6) is 1.13. The second kappa shape index (κ2) is 4.54. The van der Waals surface area contributed by atoms with E-state index in [1.165, 1.54) is 11.1 Å². The Kier molecular flexibility index (Phi) is 2.86. The van der Waals surface area contributed by atoms with E-state index < -0.39 is 0 Å². The number of aromatic nitrogens is 1. The topological polar surface area (TPSA) is 26.0 Å². The van der Waals surface area contributed by atoms with Gasteiger partial charge in [-0.15, -0.1) is 0 Å². The molecule has 0 aliphatic carbocycles. The van der Waals surface area contributed by atoms with E-state index in [-0.39, 0.29) is 0 Å². The van der Waals surface area contributed by atoms with Crippen molar-refractivity contribution in [2.45, 2.75) is 26.7 Å². The van der Waals surface area contributed by atoms with Crippen LogP contribution >= 0.6 is 0 Å². The molecule has 0 atom stereocenters. The Balaban J connectivity index is 2.16. The molecule has 19 heavy (non-hydrogen) atoms. The van der Waals surface area contributed by atoms with Gasteiger partial charge < -0.3 is 4.42 Å². The summed E-state index contributed by atoms with van der Waals surface area (Å²) in [6, 6.07) is 14.4. The number of benzene rings is 2. The van der Waals surface area contributed by atoms with E-state index in [1.54, 1.807) is 0 Å². The van der Waals surface area contributed by atoms with Crippen LogP contribution in [0.4, 0.5) is 0 Å². The van der Waals surface area contributed by atoms with Crippen LogP contribution in [0, 0.1) is 6.92 Å². The van der Waals surface area contributed by atoms with Crippen molar-refractivity contribution in [1.29, 1.82) is 0 Å². The first-order valence-electron chi connectivity index (χ1n) is 6.61. The quantitative estimate of drug-likeness (QED) is 0.645. The summed E-state index contributed by atoms with van der Waals surface area (Å²) in [6.45, 7) is 6.42. The van der Waals surface area contributed by atoms with Crippen LogP contribution in [-0.2, 0) is 0 Å². The zero-order chi connectivity index (χ0) is 13.4. The van der Waals surface area contributed by atoms with Crippen molar-refractivity contribution in [1.82, 2.24) is 4.98 Å². The molecule has 2 heteroatoms. The highest BCUT2D eigenvalue weighted by molar-refractivity contribution is 5.79. The molecule has 0 bridgehead atoms. The molecule has 0 saturated heterocycles. The number of fused-ring (bicyclic) bond motifs is 1. The second-order valence-corrected chi connectivity index (χ2v) is 5.24. The fraction of sp³-hybridized carbons (Fsp3) is 0.235. The van der Waals surface area contributed by atoms with E-state index in [0.29, 0.717) is 11.8 Å². The molecule has 3 rings (SSSR count). The Labute approximate surface area is 113 Å². The molecule has 3 aromatic rings. The predicted molar refractivity (Wildman–Crippen MR) is 78.3 cm³/mol. The number of hydrogen-bond donors (Lipinski definition) is 0. The first-order chi connectivity index (χ1) is 9.15. The lowest BCUT2D eigenvalue weighted by molar-refractivity contribution is 0.611. The van der Waals surface area contributed by atoms with E-state index in [9.17, 15) is 0 Å². The van der Waals surface area contributed by atoms with Crippen LogP contribution in [0.15, 0.2) is 46.9 Å². The minimum atomic E-state index is 0.433. The van der Waals surface area contributed by atoms with Crippen molar-refractivity contribution in [3.05, 3.63) is 53.6 Å². The van der Waals surface area contributed by atoms with Crippen LogP contribution in [0.25, 0.3) is 22.6 Å². The standard InChI is InChI=1S/C17H17NO/c1-11(2)14-5-4-6-15-16(14)19-17(18-15)13-9-7-12(3)8-10-13/h4-11H,1-3H3. The van der Waals surface area contributed by atoms with Gasteiger partial charge in [-0.3, -0.25) is 0 Å². The Bertz CT molecular complexity index is 708. The molecule has 0 aliphatic heterocycles. The number of oxazole rings is 1. The fourth-order valence-electron chi connectivity index (χ4n) is 2.24. The third-order valence-corrected chi connectivity index (χ3v) is 3.37. The Hall–Kier alpha value is -2.09. The zero-order valence-corrected chi connectivity index (χ0v) is 11.5. The van der Waals surface area contributed by atoms with Crippen LogP contribution < -0.4 is 0 Å². The molecule has 2 nitrogen and oxygen atoms in total. The fourth-order valence-corrected chi connectivity index (χ4v) is 2.24. The molecular formula is C17H17NO. The Morgan fingerprint density at radius 2 is 1.74 bits per heavy atom. The first kappa shape index (κ1) is 12.0. The third-order valence-electron chi connectivity index (χ3n) is 3.37. The summed E-state index contributed by atoms with van der Waals surface area (Å²) in [5.41, 5.74) is 5.32. The van der Waals surface area contributed by atoms with Gasteiger partial charge in [-0.2, -0.15) is 0 Å². The molecule has 0 aliphatic rings. The van der Waals surface area contributed by atoms with Gasteiger partial charge in [-0.05, 0) is 36.6 Å². The van der Waals surface area contributed by atoms with Crippen LogP contribution in [0.5, 0.6) is 0 Å². The maximum atomic E-state index is 5.98. The SMILES string of the molecule is Cc1ccc(-c2nc3cccc(C(C)C)c3o2)cc1. The molecule has 0 fully saturated rings. The van der Waals surface area contributed by atoms with Gasteiger partial charge in [0.1, 0.15) is 5.52 Å². The summed E-state index contributed by atoms with van der Waals surface area (Å²) in [7, 11) is 0. The van der Waals surface area contributed by atoms with Crippen molar-refractivity contribution in [3.8, 4) is 11.5 Å². The number of nitrogens with zero attached hydrogens (tertiary/aromatic N) is 1. The maximum absolute atomic E-state index is 5.98. The van der Waals surface area contributed by atoms with Crippen LogP contribution in [-0.4, -0.2) is 4.98 Å². The molecular weight excluding hydrogens is 234 g/mol. The highest BCUT2D eigenvalue weighted by Gasteiger charge is 2.13. The molecule has 0 spiro atoms. The van der Waals surface area contributed by atoms with E-state index in [0.717, 1.165) is 16.7 Å². The van der Waals surface area contributed by atoms with Crippen LogP contribution in [0.1, 0.15) is 30.9 Å². The van der Waals surface area contributed by atoms with Gasteiger partial charge in [0.15, 0.2) is 5.58 Å². The van der Waals surface area contributed by atoms with E-state index in [4.69, 9.17) is 4.42 Å². The third kappa shape index (κ3) is 2.14. The second-order valence-electron chi connectivity index (χ2n) is 5.24. The lowest BCUT2D eigenvalue weighted by atomic mass is 10.0. The number of para-hydroxylation sites is 1. The van der Waals surface area contributed by atoms with Gasteiger partial charge in [-0.25, -0.2) is 4.98 Å². The summed E-state index contributed by atoms with van der Waals surface area (Å²) >= 11 is 0. The van der Waals surface area contributed by atoms with Crippen molar-refractivity contribution in [3.63, 3.8) is 0 Å². The van der Waals surface area contributed by atoms with Crippen LogP contribution in [0.3, 0.4) is 0 Å². The number of aryl methyl sites for hydroxylation is 1. The smallest absolute Gasteiger partial charge is 0.227 e. The largest absolute Gasteiger partial charge is 0.436 e. The Morgan fingerprint density at radius 1 is 1.00 bits per heavy atom. The summed E-state index contributed by atoms with van der Waals surface area (Å²) in [4.78, 5) is 4.59. The van der Waals surface area contributed by atoms with Crippen molar-refractivity contribution in [2.24, 2.45) is 0 Å². The average molecular weight is 251 g/mol. The molecule has 96 valence electrons. The lowest BCUT2D eigenvalue weighted by Gasteiger charge is -2.03. The summed E-state index contributed by atoms with van der Waals surface area (Å²) < 4.78 is 5.98. The number of rotatable bonds is 2. The van der Waals surface area contributed by atoms with Crippen LogP contribution in [0.2, 0.25) is 0 Å². The van der Waals surface area contributed by atoms with Gasteiger partial charge in [0.25, 0.3) is 0 Å². The minimum absolute atomic E-state index is 0.433. The molecule has 1 heterocycles. The Morgan fingerprint density at radius 3 is 2.42 bits per heavy atom. The molecule has 1 aromatic heterocycles. The van der Waals surface area contributed by atoms with Gasteiger partial charge in [0.2, 0.25) is 5.89 Å². The molecule has 2 aromatic carbocycles. The minimum Gasteiger partial charge on any atom is -0.436 e. The summed E-state index contributed by atoms with van der Waals surface area (Å²) in [6.07, 6.45) is 0. The lowest BCUT2D eigenvalue weighted by Crippen LogP contribution is -1.86. The van der Waals surface area contributed by atoms with Crippen molar-refractivity contribution >= 4 is 11.1 Å². The normalized spacial score (nSPS) is 11.4. The molecule has 0 unspecified atom stereocenters. The molecule has 0 N–H and O–H groups in total. The van der Waals surface area contributed by atoms with Crippen molar-refractivity contribution < 1.29 is 4.42 Å². The van der Waals surface area contributed by atoms with E-state index in [1.807, 2.05) is 12.1 Å². The predicted octanol–water partition coefficient (Wildman–Crippen LogP) is 4.93. The molecule has 0 amide bonds. The monoisotopic (exact) mass is 251 g/mol. The van der Waals surface area contributed by atoms with Gasteiger partial charge in [-0.1, -0.05) is 43.7 Å². The van der Waals surface area contributed by atoms with Gasteiger partial charge in [0, 0.05) is 5.56 Å². The zero-order valence-electron chi connectivity index (χ0n) is 11.5. The molecule has 0 saturated carbocycles. The number of hydrogen-bond acceptors (Lipinski definition) is 2. The highest BCUT2D eigenvalue weighted by atomic mass is 16.3.